The molecule has 0 unspecified atom stereocenters. The van der Waals surface area contributed by atoms with Gasteiger partial charge in [-0.05, 0) is 36.2 Å². The standard InChI is InChI=1S/C22H27NO7S/c1-2-4-13-7-8-14(31-13)9-12-10-23-15-5-3-6-16(18(12)15)29-30-21-20(26)19(25)17(11-24)28-22(21)27/h3,5-8,10,17,19-27H,2,4,9,11H2,1H3/t17-,19-,20+,21-,22-/m1/s1. The fourth-order valence-corrected chi connectivity index (χ4v) is 4.94. The van der Waals surface area contributed by atoms with Crippen LogP contribution < -0.4 is 4.89 Å². The first-order chi connectivity index (χ1) is 15.0. The summed E-state index contributed by atoms with van der Waals surface area (Å²) in [7, 11) is 0. The van der Waals surface area contributed by atoms with Crippen LogP contribution in [-0.4, -0.2) is 62.7 Å². The van der Waals surface area contributed by atoms with Crippen molar-refractivity contribution < 1.29 is 34.9 Å². The number of nitrogens with one attached hydrogen (secondary N) is 1. The van der Waals surface area contributed by atoms with Crippen molar-refractivity contribution in [3.8, 4) is 5.75 Å². The molecule has 0 radical (unpaired) electrons. The summed E-state index contributed by atoms with van der Waals surface area (Å²) in [6.07, 6.45) is -2.09. The number of aliphatic hydroxyl groups excluding tert-OH is 4. The van der Waals surface area contributed by atoms with Crippen molar-refractivity contribution >= 4 is 22.2 Å². The van der Waals surface area contributed by atoms with Gasteiger partial charge in [-0.25, -0.2) is 0 Å². The van der Waals surface area contributed by atoms with Crippen LogP contribution in [0.25, 0.3) is 10.9 Å². The highest BCUT2D eigenvalue weighted by Crippen LogP contribution is 2.33. The fraction of sp³-hybridized carbons (Fsp3) is 0.455. The van der Waals surface area contributed by atoms with Crippen LogP contribution in [0.1, 0.15) is 28.7 Å². The first-order valence-electron chi connectivity index (χ1n) is 10.3. The third kappa shape index (κ3) is 4.63. The van der Waals surface area contributed by atoms with E-state index in [4.69, 9.17) is 14.5 Å². The SMILES string of the molecule is CCCc1ccc(Cc2c[nH]c3cccc(OO[C@@H]4[C@@H](O)[C@H](O)[C@@H](CO)O[C@H]4O)c23)s1. The number of thiophene rings is 1. The Balaban J connectivity index is 1.52. The van der Waals surface area contributed by atoms with Crippen molar-refractivity contribution in [1.82, 2.24) is 4.98 Å². The lowest BCUT2D eigenvalue weighted by molar-refractivity contribution is -0.364. The lowest BCUT2D eigenvalue weighted by atomic mass is 9.99. The molecule has 1 aromatic carbocycles. The Morgan fingerprint density at radius 2 is 1.90 bits per heavy atom. The largest absolute Gasteiger partial charge is 0.394 e. The van der Waals surface area contributed by atoms with Crippen molar-refractivity contribution in [1.29, 1.82) is 0 Å². The van der Waals surface area contributed by atoms with E-state index in [-0.39, 0.29) is 0 Å². The van der Waals surface area contributed by atoms with Crippen molar-refractivity contribution in [3.63, 3.8) is 0 Å². The second-order valence-corrected chi connectivity index (χ2v) is 8.91. The van der Waals surface area contributed by atoms with E-state index in [1.54, 1.807) is 23.5 Å². The van der Waals surface area contributed by atoms with Gasteiger partial charge in [0.25, 0.3) is 0 Å². The molecule has 1 aliphatic rings. The van der Waals surface area contributed by atoms with Gasteiger partial charge in [-0.15, -0.1) is 11.3 Å². The lowest BCUT2D eigenvalue weighted by Crippen LogP contribution is -2.59. The van der Waals surface area contributed by atoms with Crippen molar-refractivity contribution in [2.24, 2.45) is 0 Å². The van der Waals surface area contributed by atoms with Gasteiger partial charge in [0.05, 0.1) is 6.61 Å². The van der Waals surface area contributed by atoms with Crippen LogP contribution in [0.2, 0.25) is 0 Å². The Kier molecular flexibility index (Phi) is 6.92. The first kappa shape index (κ1) is 22.2. The maximum Gasteiger partial charge on any atom is 0.188 e. The van der Waals surface area contributed by atoms with E-state index in [1.807, 2.05) is 12.3 Å². The average molecular weight is 450 g/mol. The van der Waals surface area contributed by atoms with Gasteiger partial charge >= 0.3 is 0 Å². The topological polar surface area (TPSA) is 124 Å². The van der Waals surface area contributed by atoms with Crippen LogP contribution in [0.5, 0.6) is 5.75 Å². The van der Waals surface area contributed by atoms with Crippen LogP contribution in [0.4, 0.5) is 0 Å². The Bertz CT molecular complexity index is 1000. The number of hydrogen-bond acceptors (Lipinski definition) is 8. The Morgan fingerprint density at radius 1 is 1.10 bits per heavy atom. The van der Waals surface area contributed by atoms with Crippen molar-refractivity contribution in [2.75, 3.05) is 6.61 Å². The quantitative estimate of drug-likeness (QED) is 0.263. The average Bonchev–Trinajstić information content (AvgIpc) is 3.38. The van der Waals surface area contributed by atoms with Gasteiger partial charge in [0.2, 0.25) is 0 Å². The Morgan fingerprint density at radius 3 is 2.68 bits per heavy atom. The third-order valence-electron chi connectivity index (χ3n) is 5.42. The summed E-state index contributed by atoms with van der Waals surface area (Å²) < 4.78 is 5.10. The van der Waals surface area contributed by atoms with Gasteiger partial charge < -0.3 is 35.0 Å². The number of hydrogen-bond donors (Lipinski definition) is 5. The summed E-state index contributed by atoms with van der Waals surface area (Å²) in [5.74, 6) is 0.414. The highest BCUT2D eigenvalue weighted by atomic mass is 32.1. The molecular formula is C22H27NO7S. The molecule has 0 saturated carbocycles. The summed E-state index contributed by atoms with van der Waals surface area (Å²) in [4.78, 5) is 16.6. The molecule has 0 bridgehead atoms. The Labute approximate surface area is 183 Å². The van der Waals surface area contributed by atoms with E-state index in [1.165, 1.54) is 9.75 Å². The minimum Gasteiger partial charge on any atom is -0.394 e. The molecule has 9 heteroatoms. The molecule has 5 atom stereocenters. The number of aliphatic hydroxyl groups is 4. The van der Waals surface area contributed by atoms with Crippen LogP contribution in [0.3, 0.4) is 0 Å². The van der Waals surface area contributed by atoms with Crippen molar-refractivity contribution in [3.05, 3.63) is 51.8 Å². The zero-order chi connectivity index (χ0) is 22.0. The number of H-pyrrole nitrogens is 1. The lowest BCUT2D eigenvalue weighted by Gasteiger charge is -2.38. The van der Waals surface area contributed by atoms with E-state index in [2.05, 4.69) is 24.0 Å². The molecule has 3 aromatic rings. The molecule has 0 aliphatic carbocycles. The normalized spacial score (nSPS) is 26.4. The van der Waals surface area contributed by atoms with Gasteiger partial charge in [0.1, 0.15) is 18.3 Å². The van der Waals surface area contributed by atoms with Crippen LogP contribution in [0.15, 0.2) is 36.5 Å². The van der Waals surface area contributed by atoms with Crippen LogP contribution >= 0.6 is 11.3 Å². The minimum absolute atomic E-state index is 0.414. The van der Waals surface area contributed by atoms with E-state index in [0.717, 1.165) is 35.7 Å². The highest BCUT2D eigenvalue weighted by molar-refractivity contribution is 7.12. The van der Waals surface area contributed by atoms with E-state index < -0.39 is 37.3 Å². The van der Waals surface area contributed by atoms with Gasteiger partial charge in [-0.3, -0.25) is 0 Å². The second-order valence-electron chi connectivity index (χ2n) is 7.66. The maximum atomic E-state index is 10.2. The van der Waals surface area contributed by atoms with Crippen molar-refractivity contribution in [2.45, 2.75) is 56.9 Å². The number of aromatic nitrogens is 1. The molecule has 3 heterocycles. The number of aryl methyl sites for hydroxylation is 1. The molecule has 31 heavy (non-hydrogen) atoms. The monoisotopic (exact) mass is 449 g/mol. The molecule has 2 aromatic heterocycles. The molecule has 4 rings (SSSR count). The second kappa shape index (κ2) is 9.66. The highest BCUT2D eigenvalue weighted by Gasteiger charge is 2.45. The number of ether oxygens (including phenoxy) is 1. The molecule has 168 valence electrons. The summed E-state index contributed by atoms with van der Waals surface area (Å²) >= 11 is 1.79. The number of aromatic amines is 1. The molecule has 1 fully saturated rings. The molecule has 5 N–H and O–H groups in total. The van der Waals surface area contributed by atoms with Gasteiger partial charge in [0, 0.05) is 33.3 Å². The van der Waals surface area contributed by atoms with Gasteiger partial charge in [-0.2, -0.15) is 4.89 Å². The van der Waals surface area contributed by atoms with Gasteiger partial charge in [-0.1, -0.05) is 19.4 Å². The summed E-state index contributed by atoms with van der Waals surface area (Å²) in [6.45, 7) is 1.62. The zero-order valence-corrected chi connectivity index (χ0v) is 17.9. The molecule has 0 spiro atoms. The molecular weight excluding hydrogens is 422 g/mol. The predicted molar refractivity (Wildman–Crippen MR) is 115 cm³/mol. The first-order valence-corrected chi connectivity index (χ1v) is 11.1. The minimum atomic E-state index is -1.57. The number of fused-ring (bicyclic) bond motifs is 1. The molecule has 1 aliphatic heterocycles. The predicted octanol–water partition coefficient (Wildman–Crippen LogP) is 1.88. The molecule has 8 nitrogen and oxygen atoms in total. The van der Waals surface area contributed by atoms with E-state index >= 15 is 0 Å². The molecule has 0 amide bonds. The summed E-state index contributed by atoms with van der Waals surface area (Å²) in [5.41, 5.74) is 1.89. The summed E-state index contributed by atoms with van der Waals surface area (Å²) in [5, 5.41) is 40.4. The number of benzene rings is 1. The smallest absolute Gasteiger partial charge is 0.188 e. The Hall–Kier alpha value is -1.98. The third-order valence-corrected chi connectivity index (χ3v) is 6.56. The van der Waals surface area contributed by atoms with Gasteiger partial charge in [0.15, 0.2) is 18.1 Å². The fourth-order valence-electron chi connectivity index (χ4n) is 3.80. The maximum absolute atomic E-state index is 10.2. The zero-order valence-electron chi connectivity index (χ0n) is 17.1. The summed E-state index contributed by atoms with van der Waals surface area (Å²) in [6, 6.07) is 9.75. The van der Waals surface area contributed by atoms with E-state index in [0.29, 0.717) is 5.75 Å². The van der Waals surface area contributed by atoms with E-state index in [9.17, 15) is 20.4 Å². The van der Waals surface area contributed by atoms with Crippen LogP contribution in [-0.2, 0) is 22.5 Å². The van der Waals surface area contributed by atoms with Crippen LogP contribution in [0, 0.1) is 0 Å². The molecule has 1 saturated heterocycles. The number of rotatable bonds is 8.